The highest BCUT2D eigenvalue weighted by atomic mass is 35.5. The Morgan fingerprint density at radius 1 is 1.06 bits per heavy atom. The summed E-state index contributed by atoms with van der Waals surface area (Å²) in [4.78, 5) is 16.0. The molecule has 186 valence electrons. The minimum atomic E-state index is -1.18. The summed E-state index contributed by atoms with van der Waals surface area (Å²) in [6.45, 7) is 5.23. The standard InChI is InChI=1S/C26H31ClN4O4/c1-21(32)30-12-11-29(18-26(33,19-30)20-35-24-5-3-2-4-6-24)16-22-7-9-25(10-8-22)34-14-13-31-17-23(27)15-28-31/h2-10,15,17,33H,11-14,16,18-20H2,1H3/t26-/m1/s1. The van der Waals surface area contributed by atoms with E-state index in [0.717, 1.165) is 11.3 Å². The van der Waals surface area contributed by atoms with Crippen LogP contribution < -0.4 is 9.47 Å². The van der Waals surface area contributed by atoms with Crippen LogP contribution in [-0.2, 0) is 17.9 Å². The maximum atomic E-state index is 12.1. The predicted molar refractivity (Wildman–Crippen MR) is 134 cm³/mol. The van der Waals surface area contributed by atoms with Crippen LogP contribution in [0, 0.1) is 0 Å². The first-order chi connectivity index (χ1) is 16.9. The lowest BCUT2D eigenvalue weighted by Crippen LogP contribution is -2.51. The van der Waals surface area contributed by atoms with E-state index in [1.165, 1.54) is 6.92 Å². The van der Waals surface area contributed by atoms with Crippen LogP contribution in [0.15, 0.2) is 67.0 Å². The summed E-state index contributed by atoms with van der Waals surface area (Å²) in [6, 6.07) is 17.3. The van der Waals surface area contributed by atoms with Crippen molar-refractivity contribution in [3.8, 4) is 11.5 Å². The van der Waals surface area contributed by atoms with E-state index in [4.69, 9.17) is 21.1 Å². The Morgan fingerprint density at radius 3 is 2.49 bits per heavy atom. The number of aliphatic hydroxyl groups is 1. The molecule has 0 aliphatic carbocycles. The number of amides is 1. The van der Waals surface area contributed by atoms with Crippen LogP contribution in [0.1, 0.15) is 12.5 Å². The van der Waals surface area contributed by atoms with E-state index < -0.39 is 5.60 Å². The lowest BCUT2D eigenvalue weighted by atomic mass is 10.0. The van der Waals surface area contributed by atoms with Crippen LogP contribution >= 0.6 is 11.6 Å². The van der Waals surface area contributed by atoms with Crippen LogP contribution in [-0.4, -0.2) is 75.6 Å². The Morgan fingerprint density at radius 2 is 1.80 bits per heavy atom. The largest absolute Gasteiger partial charge is 0.492 e. The van der Waals surface area contributed by atoms with Gasteiger partial charge in [-0.25, -0.2) is 0 Å². The molecule has 0 bridgehead atoms. The van der Waals surface area contributed by atoms with E-state index >= 15 is 0 Å². The topological polar surface area (TPSA) is 80.1 Å². The van der Waals surface area contributed by atoms with Crippen LogP contribution in [0.25, 0.3) is 0 Å². The number of β-amino-alcohol motifs (C(OH)–C–C–N with tert-alkyl or cyclic N) is 1. The quantitative estimate of drug-likeness (QED) is 0.488. The van der Waals surface area contributed by atoms with Gasteiger partial charge in [0.15, 0.2) is 0 Å². The molecule has 1 amide bonds. The minimum absolute atomic E-state index is 0.0520. The van der Waals surface area contributed by atoms with Gasteiger partial charge in [0.2, 0.25) is 5.91 Å². The lowest BCUT2D eigenvalue weighted by Gasteiger charge is -2.32. The van der Waals surface area contributed by atoms with E-state index in [9.17, 15) is 9.90 Å². The van der Waals surface area contributed by atoms with E-state index in [0.29, 0.717) is 50.1 Å². The summed E-state index contributed by atoms with van der Waals surface area (Å²) in [5, 5.41) is 16.2. The van der Waals surface area contributed by atoms with Crippen molar-refractivity contribution in [2.45, 2.75) is 25.6 Å². The third-order valence-electron chi connectivity index (χ3n) is 5.91. The highest BCUT2D eigenvalue weighted by Gasteiger charge is 2.36. The number of nitrogens with zero attached hydrogens (tertiary/aromatic N) is 4. The van der Waals surface area contributed by atoms with Gasteiger partial charge in [-0.3, -0.25) is 14.4 Å². The van der Waals surface area contributed by atoms with Crippen molar-refractivity contribution in [3.63, 3.8) is 0 Å². The van der Waals surface area contributed by atoms with Crippen molar-refractivity contribution in [2.24, 2.45) is 0 Å². The van der Waals surface area contributed by atoms with Gasteiger partial charge in [-0.15, -0.1) is 0 Å². The molecule has 1 aromatic heterocycles. The van der Waals surface area contributed by atoms with Crippen LogP contribution in [0.4, 0.5) is 0 Å². The van der Waals surface area contributed by atoms with Crippen molar-refractivity contribution in [3.05, 3.63) is 77.6 Å². The first-order valence-electron chi connectivity index (χ1n) is 11.7. The molecule has 0 radical (unpaired) electrons. The molecule has 1 aliphatic rings. The van der Waals surface area contributed by atoms with Gasteiger partial charge in [0, 0.05) is 39.3 Å². The van der Waals surface area contributed by atoms with Gasteiger partial charge in [0.1, 0.15) is 30.3 Å². The predicted octanol–water partition coefficient (Wildman–Crippen LogP) is 3.09. The monoisotopic (exact) mass is 498 g/mol. The van der Waals surface area contributed by atoms with Gasteiger partial charge in [0.25, 0.3) is 0 Å². The minimum Gasteiger partial charge on any atom is -0.492 e. The van der Waals surface area contributed by atoms with Crippen molar-refractivity contribution >= 4 is 17.5 Å². The number of hydrogen-bond donors (Lipinski definition) is 1. The molecule has 1 N–H and O–H groups in total. The van der Waals surface area contributed by atoms with Gasteiger partial charge in [0.05, 0.1) is 24.3 Å². The molecule has 0 unspecified atom stereocenters. The summed E-state index contributed by atoms with van der Waals surface area (Å²) < 4.78 is 13.4. The Balaban J connectivity index is 1.34. The number of hydrogen-bond acceptors (Lipinski definition) is 6. The molecule has 3 aromatic rings. The summed E-state index contributed by atoms with van der Waals surface area (Å²) in [5.41, 5.74) is -0.0879. The Bertz CT molecular complexity index is 1090. The molecule has 1 atom stereocenters. The van der Waals surface area contributed by atoms with Crippen molar-refractivity contribution in [1.82, 2.24) is 19.6 Å². The Labute approximate surface area is 210 Å². The van der Waals surface area contributed by atoms with Crippen molar-refractivity contribution in [2.75, 3.05) is 39.4 Å². The normalized spacial score (nSPS) is 18.8. The molecule has 1 fully saturated rings. The number of ether oxygens (including phenoxy) is 2. The van der Waals surface area contributed by atoms with E-state index in [1.807, 2.05) is 54.6 Å². The van der Waals surface area contributed by atoms with E-state index in [1.54, 1.807) is 22.0 Å². The SMILES string of the molecule is CC(=O)N1CCN(Cc2ccc(OCCn3cc(Cl)cn3)cc2)C[C@](O)(COc2ccccc2)C1. The molecule has 1 aliphatic heterocycles. The van der Waals surface area contributed by atoms with E-state index in [2.05, 4.69) is 10.00 Å². The van der Waals surface area contributed by atoms with Gasteiger partial charge in [-0.05, 0) is 29.8 Å². The number of para-hydroxylation sites is 1. The second-order valence-electron chi connectivity index (χ2n) is 8.89. The number of rotatable bonds is 9. The van der Waals surface area contributed by atoms with Gasteiger partial charge < -0.3 is 19.5 Å². The van der Waals surface area contributed by atoms with Gasteiger partial charge >= 0.3 is 0 Å². The fourth-order valence-corrected chi connectivity index (χ4v) is 4.29. The molecule has 4 rings (SSSR count). The number of carbonyl (C=O) groups excluding carboxylic acids is 1. The fourth-order valence-electron chi connectivity index (χ4n) is 4.14. The van der Waals surface area contributed by atoms with Crippen molar-refractivity contribution < 1.29 is 19.4 Å². The highest BCUT2D eigenvalue weighted by Crippen LogP contribution is 2.21. The van der Waals surface area contributed by atoms with Crippen LogP contribution in [0.5, 0.6) is 11.5 Å². The number of halogens is 1. The van der Waals surface area contributed by atoms with Gasteiger partial charge in [-0.2, -0.15) is 5.10 Å². The average Bonchev–Trinajstić information content (AvgIpc) is 3.18. The second kappa shape index (κ2) is 11.6. The molecule has 2 heterocycles. The number of benzene rings is 2. The maximum absolute atomic E-state index is 12.1. The Kier molecular flexibility index (Phi) is 8.28. The summed E-state index contributed by atoms with van der Waals surface area (Å²) >= 11 is 5.88. The summed E-state index contributed by atoms with van der Waals surface area (Å²) in [7, 11) is 0. The average molecular weight is 499 g/mol. The third-order valence-corrected chi connectivity index (χ3v) is 6.10. The molecule has 8 nitrogen and oxygen atoms in total. The summed E-state index contributed by atoms with van der Waals surface area (Å²) in [6.07, 6.45) is 3.36. The first kappa shape index (κ1) is 25.0. The Hall–Kier alpha value is -3.07. The molecule has 9 heteroatoms. The molecule has 1 saturated heterocycles. The third kappa shape index (κ3) is 7.45. The molecule has 35 heavy (non-hydrogen) atoms. The lowest BCUT2D eigenvalue weighted by molar-refractivity contribution is -0.132. The zero-order valence-corrected chi connectivity index (χ0v) is 20.6. The maximum Gasteiger partial charge on any atom is 0.219 e. The molecule has 0 saturated carbocycles. The molecular weight excluding hydrogens is 468 g/mol. The zero-order valence-electron chi connectivity index (χ0n) is 19.8. The zero-order chi connectivity index (χ0) is 24.7. The highest BCUT2D eigenvalue weighted by molar-refractivity contribution is 6.30. The first-order valence-corrected chi connectivity index (χ1v) is 12.0. The van der Waals surface area contributed by atoms with Crippen LogP contribution in [0.3, 0.4) is 0 Å². The smallest absolute Gasteiger partial charge is 0.219 e. The molecular formula is C26H31ClN4O4. The van der Waals surface area contributed by atoms with Crippen molar-refractivity contribution in [1.29, 1.82) is 0 Å². The molecule has 0 spiro atoms. The van der Waals surface area contributed by atoms with E-state index in [-0.39, 0.29) is 19.1 Å². The summed E-state index contributed by atoms with van der Waals surface area (Å²) in [5.74, 6) is 1.42. The second-order valence-corrected chi connectivity index (χ2v) is 9.33. The number of carbonyl (C=O) groups is 1. The number of aromatic nitrogens is 2. The molecule has 2 aromatic carbocycles. The van der Waals surface area contributed by atoms with Gasteiger partial charge in [-0.1, -0.05) is 41.9 Å². The van der Waals surface area contributed by atoms with Crippen LogP contribution in [0.2, 0.25) is 5.02 Å². The fraction of sp³-hybridized carbons (Fsp3) is 0.385.